The van der Waals surface area contributed by atoms with E-state index in [1.165, 1.54) is 6.07 Å². The lowest BCUT2D eigenvalue weighted by Gasteiger charge is -2.40. The number of hydrogen-bond acceptors (Lipinski definition) is 2. The summed E-state index contributed by atoms with van der Waals surface area (Å²) in [5.74, 6) is -0.221. The first kappa shape index (κ1) is 11.6. The SMILES string of the molecule is CC(C)(CN)C1(O)CCc2c(F)cccc21. The first-order valence-corrected chi connectivity index (χ1v) is 5.63. The van der Waals surface area contributed by atoms with Crippen molar-refractivity contribution in [1.29, 1.82) is 0 Å². The summed E-state index contributed by atoms with van der Waals surface area (Å²) in [6.45, 7) is 4.22. The second-order valence-electron chi connectivity index (χ2n) is 5.21. The fourth-order valence-corrected chi connectivity index (χ4v) is 2.51. The van der Waals surface area contributed by atoms with Gasteiger partial charge >= 0.3 is 0 Å². The van der Waals surface area contributed by atoms with Crippen molar-refractivity contribution in [1.82, 2.24) is 0 Å². The summed E-state index contributed by atoms with van der Waals surface area (Å²) in [4.78, 5) is 0. The van der Waals surface area contributed by atoms with E-state index in [2.05, 4.69) is 0 Å². The maximum atomic E-state index is 13.6. The molecule has 0 saturated carbocycles. The second kappa shape index (κ2) is 3.54. The molecule has 2 nitrogen and oxygen atoms in total. The Balaban J connectivity index is 2.55. The van der Waals surface area contributed by atoms with Gasteiger partial charge in [0.25, 0.3) is 0 Å². The molecule has 3 N–H and O–H groups in total. The molecule has 1 aromatic rings. The topological polar surface area (TPSA) is 46.2 Å². The quantitative estimate of drug-likeness (QED) is 0.805. The Morgan fingerprint density at radius 3 is 2.81 bits per heavy atom. The third-order valence-corrected chi connectivity index (χ3v) is 3.93. The zero-order chi connectivity index (χ0) is 12.0. The smallest absolute Gasteiger partial charge is 0.126 e. The fourth-order valence-electron chi connectivity index (χ4n) is 2.51. The van der Waals surface area contributed by atoms with E-state index in [-0.39, 0.29) is 5.82 Å². The van der Waals surface area contributed by atoms with Crippen LogP contribution >= 0.6 is 0 Å². The Kier molecular flexibility index (Phi) is 2.55. The highest BCUT2D eigenvalue weighted by molar-refractivity contribution is 5.39. The Morgan fingerprint density at radius 1 is 1.50 bits per heavy atom. The van der Waals surface area contributed by atoms with Crippen molar-refractivity contribution in [3.63, 3.8) is 0 Å². The minimum absolute atomic E-state index is 0.221. The zero-order valence-electron chi connectivity index (χ0n) is 9.76. The molecule has 2 rings (SSSR count). The molecule has 3 heteroatoms. The molecule has 0 fully saturated rings. The van der Waals surface area contributed by atoms with Crippen LogP contribution in [0.3, 0.4) is 0 Å². The molecule has 1 aliphatic carbocycles. The third-order valence-electron chi connectivity index (χ3n) is 3.93. The van der Waals surface area contributed by atoms with E-state index in [0.29, 0.717) is 30.5 Å². The number of benzene rings is 1. The average molecular weight is 223 g/mol. The normalized spacial score (nSPS) is 24.6. The van der Waals surface area contributed by atoms with Crippen molar-refractivity contribution in [2.24, 2.45) is 11.1 Å². The number of hydrogen-bond donors (Lipinski definition) is 2. The van der Waals surface area contributed by atoms with E-state index in [9.17, 15) is 9.50 Å². The first-order chi connectivity index (χ1) is 7.42. The van der Waals surface area contributed by atoms with Crippen molar-refractivity contribution in [3.05, 3.63) is 35.1 Å². The number of rotatable bonds is 2. The molecule has 0 aliphatic heterocycles. The molecule has 88 valence electrons. The number of aliphatic hydroxyl groups is 1. The van der Waals surface area contributed by atoms with Crippen LogP contribution < -0.4 is 5.73 Å². The molecule has 1 atom stereocenters. The van der Waals surface area contributed by atoms with Crippen LogP contribution in [-0.4, -0.2) is 11.7 Å². The largest absolute Gasteiger partial charge is 0.385 e. The average Bonchev–Trinajstić information content (AvgIpc) is 2.60. The molecule has 16 heavy (non-hydrogen) atoms. The summed E-state index contributed by atoms with van der Waals surface area (Å²) < 4.78 is 13.6. The molecule has 0 radical (unpaired) electrons. The van der Waals surface area contributed by atoms with Crippen molar-refractivity contribution in [3.8, 4) is 0 Å². The molecule has 1 aromatic carbocycles. The predicted octanol–water partition coefficient (Wildman–Crippen LogP) is 1.94. The standard InChI is InChI=1S/C13H18FNO/c1-12(2,8-15)13(16)7-6-9-10(13)4-3-5-11(9)14/h3-5,16H,6-8,15H2,1-2H3. The second-order valence-corrected chi connectivity index (χ2v) is 5.21. The van der Waals surface area contributed by atoms with Gasteiger partial charge in [-0.1, -0.05) is 26.0 Å². The number of nitrogens with two attached hydrogens (primary N) is 1. The van der Waals surface area contributed by atoms with Gasteiger partial charge in [0, 0.05) is 12.0 Å². The number of fused-ring (bicyclic) bond motifs is 1. The summed E-state index contributed by atoms with van der Waals surface area (Å²) >= 11 is 0. The molecule has 0 spiro atoms. The van der Waals surface area contributed by atoms with Crippen LogP contribution in [0.5, 0.6) is 0 Å². The summed E-state index contributed by atoms with van der Waals surface area (Å²) in [6.07, 6.45) is 1.13. The molecule has 1 unspecified atom stereocenters. The van der Waals surface area contributed by atoms with Gasteiger partial charge in [-0.05, 0) is 30.0 Å². The maximum Gasteiger partial charge on any atom is 0.126 e. The summed E-state index contributed by atoms with van der Waals surface area (Å²) in [7, 11) is 0. The zero-order valence-corrected chi connectivity index (χ0v) is 9.76. The van der Waals surface area contributed by atoms with E-state index >= 15 is 0 Å². The highest BCUT2D eigenvalue weighted by Crippen LogP contribution is 2.48. The highest BCUT2D eigenvalue weighted by atomic mass is 19.1. The van der Waals surface area contributed by atoms with Crippen LogP contribution in [0.25, 0.3) is 0 Å². The molecule has 1 aliphatic rings. The van der Waals surface area contributed by atoms with Gasteiger partial charge in [0.15, 0.2) is 0 Å². The molecule has 0 aromatic heterocycles. The Hall–Kier alpha value is -0.930. The van der Waals surface area contributed by atoms with Crippen molar-refractivity contribution in [2.75, 3.05) is 6.54 Å². The van der Waals surface area contributed by atoms with Gasteiger partial charge in [0.1, 0.15) is 5.82 Å². The lowest BCUT2D eigenvalue weighted by molar-refractivity contribution is -0.0671. The lowest BCUT2D eigenvalue weighted by Crippen LogP contribution is -2.45. The molecule has 0 amide bonds. The molecule has 0 saturated heterocycles. The Labute approximate surface area is 95.3 Å². The van der Waals surface area contributed by atoms with E-state index in [1.807, 2.05) is 19.9 Å². The van der Waals surface area contributed by atoms with Gasteiger partial charge in [-0.15, -0.1) is 0 Å². The predicted molar refractivity (Wildman–Crippen MR) is 61.5 cm³/mol. The molecule has 0 heterocycles. The Bertz CT molecular complexity index is 416. The highest BCUT2D eigenvalue weighted by Gasteiger charge is 2.48. The van der Waals surface area contributed by atoms with Crippen LogP contribution in [0.2, 0.25) is 0 Å². The van der Waals surface area contributed by atoms with Crippen LogP contribution in [-0.2, 0) is 12.0 Å². The molecule has 0 bridgehead atoms. The van der Waals surface area contributed by atoms with Crippen molar-refractivity contribution < 1.29 is 9.50 Å². The van der Waals surface area contributed by atoms with E-state index in [1.54, 1.807) is 6.07 Å². The van der Waals surface area contributed by atoms with Crippen molar-refractivity contribution >= 4 is 0 Å². The first-order valence-electron chi connectivity index (χ1n) is 5.63. The van der Waals surface area contributed by atoms with E-state index in [4.69, 9.17) is 5.73 Å². The van der Waals surface area contributed by atoms with Crippen LogP contribution in [0, 0.1) is 11.2 Å². The van der Waals surface area contributed by atoms with E-state index in [0.717, 1.165) is 0 Å². The van der Waals surface area contributed by atoms with Crippen LogP contribution in [0.15, 0.2) is 18.2 Å². The number of halogens is 1. The van der Waals surface area contributed by atoms with Gasteiger partial charge in [-0.2, -0.15) is 0 Å². The minimum atomic E-state index is -1.00. The van der Waals surface area contributed by atoms with Gasteiger partial charge in [0.2, 0.25) is 0 Å². The molecular formula is C13H18FNO. The van der Waals surface area contributed by atoms with Gasteiger partial charge in [-0.25, -0.2) is 4.39 Å². The summed E-state index contributed by atoms with van der Waals surface area (Å²) in [5, 5.41) is 10.7. The van der Waals surface area contributed by atoms with Gasteiger partial charge in [0.05, 0.1) is 5.60 Å². The fraction of sp³-hybridized carbons (Fsp3) is 0.538. The Morgan fingerprint density at radius 2 is 2.19 bits per heavy atom. The summed E-state index contributed by atoms with van der Waals surface area (Å²) in [5.41, 5.74) is 5.63. The monoisotopic (exact) mass is 223 g/mol. The van der Waals surface area contributed by atoms with E-state index < -0.39 is 11.0 Å². The summed E-state index contributed by atoms with van der Waals surface area (Å²) in [6, 6.07) is 4.90. The third kappa shape index (κ3) is 1.39. The van der Waals surface area contributed by atoms with Crippen LogP contribution in [0.1, 0.15) is 31.4 Å². The van der Waals surface area contributed by atoms with Crippen LogP contribution in [0.4, 0.5) is 4.39 Å². The van der Waals surface area contributed by atoms with Gasteiger partial charge < -0.3 is 10.8 Å². The maximum absolute atomic E-state index is 13.6. The molecular weight excluding hydrogens is 205 g/mol. The lowest BCUT2D eigenvalue weighted by atomic mass is 9.71. The van der Waals surface area contributed by atoms with Crippen molar-refractivity contribution in [2.45, 2.75) is 32.3 Å². The minimum Gasteiger partial charge on any atom is -0.385 e. The van der Waals surface area contributed by atoms with Gasteiger partial charge in [-0.3, -0.25) is 0 Å².